The lowest BCUT2D eigenvalue weighted by molar-refractivity contribution is -0.142. The van der Waals surface area contributed by atoms with E-state index in [1.165, 1.54) is 0 Å². The van der Waals surface area contributed by atoms with Crippen molar-refractivity contribution in [3.63, 3.8) is 0 Å². The van der Waals surface area contributed by atoms with Gasteiger partial charge in [0.15, 0.2) is 0 Å². The highest BCUT2D eigenvalue weighted by Crippen LogP contribution is 2.48. The number of nitrogens with zero attached hydrogens (tertiary/aromatic N) is 3. The molecule has 29 heavy (non-hydrogen) atoms. The molecule has 4 atom stereocenters. The Balaban J connectivity index is 1.56. The Bertz CT molecular complexity index is 902. The van der Waals surface area contributed by atoms with E-state index >= 15 is 0 Å². The molecule has 4 aliphatic rings. The zero-order valence-corrected chi connectivity index (χ0v) is 16.9. The second-order valence-corrected chi connectivity index (χ2v) is 8.70. The van der Waals surface area contributed by atoms with E-state index in [0.717, 1.165) is 36.1 Å². The lowest BCUT2D eigenvalue weighted by Gasteiger charge is -2.36. The normalized spacial score (nSPS) is 31.7. The molecule has 7 heteroatoms. The van der Waals surface area contributed by atoms with Gasteiger partial charge < -0.3 is 19.3 Å². The molecule has 2 saturated heterocycles. The summed E-state index contributed by atoms with van der Waals surface area (Å²) in [6.45, 7) is 2.78. The lowest BCUT2D eigenvalue weighted by Crippen LogP contribution is -2.46. The van der Waals surface area contributed by atoms with E-state index in [1.54, 1.807) is 0 Å². The molecule has 156 valence electrons. The molecule has 1 aromatic rings. The van der Waals surface area contributed by atoms with Crippen LogP contribution in [0.4, 0.5) is 0 Å². The number of aliphatic hydroxyl groups excluding tert-OH is 1. The Morgan fingerprint density at radius 2 is 2.07 bits per heavy atom. The van der Waals surface area contributed by atoms with Crippen LogP contribution in [0.25, 0.3) is 5.57 Å². The molecule has 0 saturated carbocycles. The predicted molar refractivity (Wildman–Crippen MR) is 108 cm³/mol. The summed E-state index contributed by atoms with van der Waals surface area (Å²) in [6, 6.07) is 3.79. The molecule has 1 aromatic heterocycles. The highest BCUT2D eigenvalue weighted by Gasteiger charge is 2.55. The molecule has 2 bridgehead atoms. The van der Waals surface area contributed by atoms with Gasteiger partial charge in [-0.3, -0.25) is 14.5 Å². The van der Waals surface area contributed by atoms with Gasteiger partial charge in [-0.05, 0) is 44.0 Å². The van der Waals surface area contributed by atoms with E-state index in [4.69, 9.17) is 4.74 Å². The van der Waals surface area contributed by atoms with Crippen LogP contribution in [-0.2, 0) is 16.1 Å². The van der Waals surface area contributed by atoms with Gasteiger partial charge in [-0.25, -0.2) is 0 Å². The third-order valence-corrected chi connectivity index (χ3v) is 7.34. The number of hydrogen-bond acceptors (Lipinski definition) is 5. The second-order valence-electron chi connectivity index (χ2n) is 8.70. The fraction of sp³-hybridized carbons (Fsp3) is 0.636. The quantitative estimate of drug-likeness (QED) is 0.816. The van der Waals surface area contributed by atoms with Crippen molar-refractivity contribution in [2.75, 3.05) is 40.0 Å². The first-order valence-electron chi connectivity index (χ1n) is 10.7. The fourth-order valence-electron chi connectivity index (χ4n) is 5.83. The first kappa shape index (κ1) is 19.0. The summed E-state index contributed by atoms with van der Waals surface area (Å²) in [5.41, 5.74) is 2.90. The van der Waals surface area contributed by atoms with Gasteiger partial charge in [0.05, 0.1) is 25.2 Å². The summed E-state index contributed by atoms with van der Waals surface area (Å²) < 4.78 is 7.28. The van der Waals surface area contributed by atoms with Gasteiger partial charge in [-0.1, -0.05) is 6.08 Å². The standard InChI is InChI=1S/C22H29N3O4/c1-23-18-12-25-17(7-6-15(21(25)27)14-4-2-3-5-14)20(23)19(16(18)13-26)22(28)24-8-10-29-11-9-24/h4,6-7,16,18-20,26H,2-3,5,8-13H2,1H3/t16-,18-,19+,20+/m0/s1. The van der Waals surface area contributed by atoms with Crippen LogP contribution in [0.15, 0.2) is 23.0 Å². The molecule has 4 heterocycles. The minimum absolute atomic E-state index is 0.0157. The second kappa shape index (κ2) is 7.38. The van der Waals surface area contributed by atoms with Crippen molar-refractivity contribution < 1.29 is 14.6 Å². The molecule has 1 N–H and O–H groups in total. The number of rotatable bonds is 3. The number of carbonyl (C=O) groups is 1. The van der Waals surface area contributed by atoms with Gasteiger partial charge in [0.2, 0.25) is 5.91 Å². The van der Waals surface area contributed by atoms with E-state index in [-0.39, 0.29) is 42.0 Å². The van der Waals surface area contributed by atoms with Crippen molar-refractivity contribution in [2.45, 2.75) is 37.9 Å². The average molecular weight is 399 g/mol. The Morgan fingerprint density at radius 3 is 2.76 bits per heavy atom. The molecule has 0 aromatic carbocycles. The van der Waals surface area contributed by atoms with Crippen LogP contribution in [0.3, 0.4) is 0 Å². The van der Waals surface area contributed by atoms with E-state index in [9.17, 15) is 14.7 Å². The highest BCUT2D eigenvalue weighted by atomic mass is 16.5. The van der Waals surface area contributed by atoms with Gasteiger partial charge in [0, 0.05) is 49.5 Å². The number of pyridine rings is 1. The average Bonchev–Trinajstić information content (AvgIpc) is 3.33. The Labute approximate surface area is 170 Å². The molecule has 0 spiro atoms. The number of hydrogen-bond donors (Lipinski definition) is 1. The van der Waals surface area contributed by atoms with Crippen molar-refractivity contribution in [3.8, 4) is 0 Å². The van der Waals surface area contributed by atoms with Gasteiger partial charge >= 0.3 is 0 Å². The molecule has 2 fully saturated rings. The fourth-order valence-corrected chi connectivity index (χ4v) is 5.83. The zero-order chi connectivity index (χ0) is 20.1. The number of allylic oxidation sites excluding steroid dienone is 2. The summed E-state index contributed by atoms with van der Waals surface area (Å²) in [5.74, 6) is -0.429. The lowest BCUT2D eigenvalue weighted by atomic mass is 9.86. The smallest absolute Gasteiger partial charge is 0.258 e. The zero-order valence-electron chi connectivity index (χ0n) is 16.9. The summed E-state index contributed by atoms with van der Waals surface area (Å²) in [6.07, 6.45) is 5.27. The van der Waals surface area contributed by atoms with Crippen LogP contribution in [0.5, 0.6) is 0 Å². The van der Waals surface area contributed by atoms with Gasteiger partial charge in [0.1, 0.15) is 0 Å². The summed E-state index contributed by atoms with van der Waals surface area (Å²) in [7, 11) is 2.02. The number of amides is 1. The van der Waals surface area contributed by atoms with E-state index in [2.05, 4.69) is 11.0 Å². The van der Waals surface area contributed by atoms with Crippen LogP contribution in [-0.4, -0.2) is 71.4 Å². The predicted octanol–water partition coefficient (Wildman–Crippen LogP) is 0.868. The van der Waals surface area contributed by atoms with Crippen LogP contribution in [0, 0.1) is 11.8 Å². The summed E-state index contributed by atoms with van der Waals surface area (Å²) >= 11 is 0. The number of fused-ring (bicyclic) bond motifs is 4. The summed E-state index contributed by atoms with van der Waals surface area (Å²) in [5, 5.41) is 10.2. The van der Waals surface area contributed by atoms with Crippen LogP contribution in [0.2, 0.25) is 0 Å². The van der Waals surface area contributed by atoms with E-state index in [0.29, 0.717) is 32.8 Å². The van der Waals surface area contributed by atoms with Crippen molar-refractivity contribution in [1.29, 1.82) is 0 Å². The SMILES string of the molecule is CN1[C@@H]2c3ccc(C4=CCCC4)c(=O)n3C[C@H]1[C@H](CO)[C@H]2C(=O)N1CCOCC1. The number of likely N-dealkylation sites (N-methyl/N-ethyl adjacent to an activating group) is 1. The maximum absolute atomic E-state index is 13.5. The first-order chi connectivity index (χ1) is 14.1. The highest BCUT2D eigenvalue weighted by molar-refractivity contribution is 5.81. The third kappa shape index (κ3) is 2.90. The molecule has 1 aliphatic carbocycles. The molecule has 7 nitrogen and oxygen atoms in total. The van der Waals surface area contributed by atoms with Crippen molar-refractivity contribution in [2.24, 2.45) is 11.8 Å². The van der Waals surface area contributed by atoms with Crippen LogP contribution >= 0.6 is 0 Å². The minimum atomic E-state index is -0.335. The van der Waals surface area contributed by atoms with Gasteiger partial charge in [0.25, 0.3) is 5.56 Å². The van der Waals surface area contributed by atoms with Crippen LogP contribution in [0.1, 0.15) is 36.6 Å². The number of ether oxygens (including phenoxy) is 1. The van der Waals surface area contributed by atoms with Crippen molar-refractivity contribution in [1.82, 2.24) is 14.4 Å². The molecular formula is C22H29N3O4. The largest absolute Gasteiger partial charge is 0.396 e. The van der Waals surface area contributed by atoms with Crippen molar-refractivity contribution >= 4 is 11.5 Å². The maximum Gasteiger partial charge on any atom is 0.258 e. The van der Waals surface area contributed by atoms with E-state index < -0.39 is 0 Å². The Hall–Kier alpha value is -1.96. The van der Waals surface area contributed by atoms with Crippen molar-refractivity contribution in [3.05, 3.63) is 39.8 Å². The molecule has 5 rings (SSSR count). The topological polar surface area (TPSA) is 75.0 Å². The first-order valence-corrected chi connectivity index (χ1v) is 10.7. The maximum atomic E-state index is 13.5. The number of aromatic nitrogens is 1. The van der Waals surface area contributed by atoms with Crippen LogP contribution < -0.4 is 5.56 Å². The molecule has 0 radical (unpaired) electrons. The Morgan fingerprint density at radius 1 is 1.28 bits per heavy atom. The molecule has 1 amide bonds. The number of morpholine rings is 1. The molecule has 3 aliphatic heterocycles. The van der Waals surface area contributed by atoms with E-state index in [1.807, 2.05) is 28.6 Å². The van der Waals surface area contributed by atoms with Gasteiger partial charge in [-0.15, -0.1) is 0 Å². The van der Waals surface area contributed by atoms with Gasteiger partial charge in [-0.2, -0.15) is 0 Å². The number of aliphatic hydroxyl groups is 1. The molecular weight excluding hydrogens is 370 g/mol. The number of carbonyl (C=O) groups excluding carboxylic acids is 1. The third-order valence-electron chi connectivity index (χ3n) is 7.34. The monoisotopic (exact) mass is 399 g/mol. The Kier molecular flexibility index (Phi) is 4.84. The molecule has 0 unspecified atom stereocenters. The minimum Gasteiger partial charge on any atom is -0.396 e. The summed E-state index contributed by atoms with van der Waals surface area (Å²) in [4.78, 5) is 30.9.